The van der Waals surface area contributed by atoms with Crippen molar-refractivity contribution in [2.24, 2.45) is 0 Å². The van der Waals surface area contributed by atoms with Crippen LogP contribution in [0.15, 0.2) is 24.3 Å². The summed E-state index contributed by atoms with van der Waals surface area (Å²) in [6.45, 7) is 0. The molecule has 0 heterocycles. The van der Waals surface area contributed by atoms with Gasteiger partial charge in [-0.3, -0.25) is 0 Å². The first kappa shape index (κ1) is 9.82. The minimum Gasteiger partial charge on any atom is -0.507 e. The molecule has 0 saturated carbocycles. The number of hydrogen-bond donors (Lipinski definition) is 1. The van der Waals surface area contributed by atoms with Gasteiger partial charge in [0.15, 0.2) is 0 Å². The molecule has 2 nitrogen and oxygen atoms in total. The third kappa shape index (κ3) is 2.60. The van der Waals surface area contributed by atoms with E-state index < -0.39 is 0 Å². The highest BCUT2D eigenvalue weighted by Gasteiger charge is 1.97. The van der Waals surface area contributed by atoms with E-state index in [1.54, 1.807) is 18.2 Å². The number of hydrogen-bond acceptors (Lipinski definition) is 2. The molecule has 0 aliphatic carbocycles. The van der Waals surface area contributed by atoms with Crippen molar-refractivity contribution in [2.75, 3.05) is 5.33 Å². The molecular formula is C10H8BrNO. The van der Waals surface area contributed by atoms with Gasteiger partial charge in [-0.1, -0.05) is 28.1 Å². The maximum atomic E-state index is 9.38. The standard InChI is InChI=1S/C10H8BrNO/c11-5-1-2-9-6-8(7-12)3-4-10(9)13/h1-4,6,13H,5H2. The number of nitriles is 1. The van der Waals surface area contributed by atoms with Gasteiger partial charge in [0.05, 0.1) is 11.6 Å². The van der Waals surface area contributed by atoms with Crippen LogP contribution >= 0.6 is 15.9 Å². The fraction of sp³-hybridized carbons (Fsp3) is 0.100. The summed E-state index contributed by atoms with van der Waals surface area (Å²) in [7, 11) is 0. The highest BCUT2D eigenvalue weighted by Crippen LogP contribution is 2.19. The number of halogens is 1. The monoisotopic (exact) mass is 237 g/mol. The summed E-state index contributed by atoms with van der Waals surface area (Å²) < 4.78 is 0. The highest BCUT2D eigenvalue weighted by molar-refractivity contribution is 9.09. The number of phenolic OH excluding ortho intramolecular Hbond substituents is 1. The molecule has 0 bridgehead atoms. The Labute approximate surface area is 85.3 Å². The van der Waals surface area contributed by atoms with Crippen LogP contribution in [0, 0.1) is 11.3 Å². The topological polar surface area (TPSA) is 44.0 Å². The molecule has 1 aromatic carbocycles. The smallest absolute Gasteiger partial charge is 0.122 e. The summed E-state index contributed by atoms with van der Waals surface area (Å²) in [6.07, 6.45) is 3.63. The molecule has 0 aromatic heterocycles. The van der Waals surface area contributed by atoms with Gasteiger partial charge in [-0.05, 0) is 18.2 Å². The average Bonchev–Trinajstić information content (AvgIpc) is 2.17. The molecule has 0 atom stereocenters. The second kappa shape index (κ2) is 4.68. The Hall–Kier alpha value is -1.27. The SMILES string of the molecule is N#Cc1ccc(O)c(C=CCBr)c1. The van der Waals surface area contributed by atoms with Gasteiger partial charge in [0, 0.05) is 10.9 Å². The second-order valence-electron chi connectivity index (χ2n) is 2.44. The molecule has 0 amide bonds. The fourth-order valence-electron chi connectivity index (χ4n) is 0.929. The molecule has 0 aliphatic heterocycles. The Balaban J connectivity index is 3.06. The lowest BCUT2D eigenvalue weighted by atomic mass is 10.1. The maximum Gasteiger partial charge on any atom is 0.122 e. The minimum atomic E-state index is 0.191. The van der Waals surface area contributed by atoms with E-state index in [0.29, 0.717) is 11.1 Å². The Morgan fingerprint density at radius 2 is 2.31 bits per heavy atom. The van der Waals surface area contributed by atoms with Gasteiger partial charge < -0.3 is 5.11 Å². The van der Waals surface area contributed by atoms with Crippen LogP contribution in [0.1, 0.15) is 11.1 Å². The fourth-order valence-corrected chi connectivity index (χ4v) is 1.12. The second-order valence-corrected chi connectivity index (χ2v) is 3.09. The van der Waals surface area contributed by atoms with Crippen molar-refractivity contribution >= 4 is 22.0 Å². The van der Waals surface area contributed by atoms with Gasteiger partial charge in [0.25, 0.3) is 0 Å². The van der Waals surface area contributed by atoms with Crippen molar-refractivity contribution in [3.63, 3.8) is 0 Å². The quantitative estimate of drug-likeness (QED) is 0.805. The number of phenols is 1. The van der Waals surface area contributed by atoms with E-state index >= 15 is 0 Å². The Kier molecular flexibility index (Phi) is 3.53. The molecule has 0 fully saturated rings. The summed E-state index contributed by atoms with van der Waals surface area (Å²) in [5.41, 5.74) is 1.21. The van der Waals surface area contributed by atoms with Gasteiger partial charge in [-0.15, -0.1) is 0 Å². The van der Waals surface area contributed by atoms with Crippen molar-refractivity contribution in [2.45, 2.75) is 0 Å². The van der Waals surface area contributed by atoms with Crippen LogP contribution in [0.2, 0.25) is 0 Å². The molecule has 66 valence electrons. The van der Waals surface area contributed by atoms with E-state index in [2.05, 4.69) is 15.9 Å². The molecule has 0 spiro atoms. The van der Waals surface area contributed by atoms with E-state index in [9.17, 15) is 5.11 Å². The number of allylic oxidation sites excluding steroid dienone is 1. The Morgan fingerprint density at radius 1 is 1.54 bits per heavy atom. The van der Waals surface area contributed by atoms with E-state index in [1.165, 1.54) is 6.07 Å². The molecule has 0 unspecified atom stereocenters. The lowest BCUT2D eigenvalue weighted by molar-refractivity contribution is 0.474. The van der Waals surface area contributed by atoms with Crippen molar-refractivity contribution in [3.8, 4) is 11.8 Å². The highest BCUT2D eigenvalue weighted by atomic mass is 79.9. The van der Waals surface area contributed by atoms with Crippen molar-refractivity contribution in [1.29, 1.82) is 5.26 Å². The zero-order chi connectivity index (χ0) is 9.68. The molecular weight excluding hydrogens is 230 g/mol. The first-order valence-corrected chi connectivity index (χ1v) is 4.85. The van der Waals surface area contributed by atoms with Gasteiger partial charge in [0.1, 0.15) is 5.75 Å². The number of aromatic hydroxyl groups is 1. The third-order valence-electron chi connectivity index (χ3n) is 1.54. The Bertz CT molecular complexity index is 366. The lowest BCUT2D eigenvalue weighted by Gasteiger charge is -1.98. The summed E-state index contributed by atoms with van der Waals surface area (Å²) >= 11 is 3.23. The van der Waals surface area contributed by atoms with Gasteiger partial charge in [-0.2, -0.15) is 5.26 Å². The number of alkyl halides is 1. The van der Waals surface area contributed by atoms with Crippen molar-refractivity contribution in [3.05, 3.63) is 35.4 Å². The molecule has 0 radical (unpaired) electrons. The molecule has 0 saturated heterocycles. The van der Waals surface area contributed by atoms with E-state index in [0.717, 1.165) is 5.33 Å². The number of benzene rings is 1. The van der Waals surface area contributed by atoms with Crippen molar-refractivity contribution < 1.29 is 5.11 Å². The van der Waals surface area contributed by atoms with Crippen LogP contribution < -0.4 is 0 Å². The van der Waals surface area contributed by atoms with E-state index in [1.807, 2.05) is 12.1 Å². The molecule has 0 aliphatic rings. The molecule has 1 N–H and O–H groups in total. The Morgan fingerprint density at radius 3 is 2.92 bits per heavy atom. The minimum absolute atomic E-state index is 0.191. The molecule has 13 heavy (non-hydrogen) atoms. The van der Waals surface area contributed by atoms with Crippen LogP contribution in [-0.4, -0.2) is 10.4 Å². The van der Waals surface area contributed by atoms with Gasteiger partial charge in [0.2, 0.25) is 0 Å². The zero-order valence-corrected chi connectivity index (χ0v) is 8.45. The number of rotatable bonds is 2. The normalized spacial score (nSPS) is 10.2. The summed E-state index contributed by atoms with van der Waals surface area (Å²) in [5.74, 6) is 0.191. The van der Waals surface area contributed by atoms with E-state index in [-0.39, 0.29) is 5.75 Å². The lowest BCUT2D eigenvalue weighted by Crippen LogP contribution is -1.78. The largest absolute Gasteiger partial charge is 0.507 e. The predicted molar refractivity (Wildman–Crippen MR) is 55.6 cm³/mol. The summed E-state index contributed by atoms with van der Waals surface area (Å²) in [4.78, 5) is 0. The van der Waals surface area contributed by atoms with E-state index in [4.69, 9.17) is 5.26 Å². The first-order valence-electron chi connectivity index (χ1n) is 3.73. The van der Waals surface area contributed by atoms with Crippen LogP contribution in [0.25, 0.3) is 6.08 Å². The van der Waals surface area contributed by atoms with Gasteiger partial charge in [-0.25, -0.2) is 0 Å². The van der Waals surface area contributed by atoms with Crippen LogP contribution in [0.5, 0.6) is 5.75 Å². The maximum absolute atomic E-state index is 9.38. The third-order valence-corrected chi connectivity index (χ3v) is 1.92. The molecule has 3 heteroatoms. The van der Waals surface area contributed by atoms with Gasteiger partial charge >= 0.3 is 0 Å². The zero-order valence-electron chi connectivity index (χ0n) is 6.87. The first-order chi connectivity index (χ1) is 6.27. The van der Waals surface area contributed by atoms with Crippen LogP contribution in [0.4, 0.5) is 0 Å². The van der Waals surface area contributed by atoms with Crippen LogP contribution in [0.3, 0.4) is 0 Å². The molecule has 1 aromatic rings. The number of nitrogens with zero attached hydrogens (tertiary/aromatic N) is 1. The average molecular weight is 238 g/mol. The predicted octanol–water partition coefficient (Wildman–Crippen LogP) is 2.67. The van der Waals surface area contributed by atoms with Crippen molar-refractivity contribution in [1.82, 2.24) is 0 Å². The van der Waals surface area contributed by atoms with Crippen LogP contribution in [-0.2, 0) is 0 Å². The molecule has 1 rings (SSSR count). The summed E-state index contributed by atoms with van der Waals surface area (Å²) in [6, 6.07) is 6.77. The summed E-state index contributed by atoms with van der Waals surface area (Å²) in [5, 5.41) is 18.7.